The maximum absolute atomic E-state index is 15.1. The van der Waals surface area contributed by atoms with Gasteiger partial charge in [-0.1, -0.05) is 18.5 Å². The maximum atomic E-state index is 15.1. The summed E-state index contributed by atoms with van der Waals surface area (Å²) in [5, 5.41) is 9.49. The number of benzene rings is 2. The van der Waals surface area contributed by atoms with E-state index in [-0.39, 0.29) is 38.1 Å². The molecule has 2 heterocycles. The molecular formula is C24H19ClF3N5OS. The molecule has 1 amide bonds. The Hall–Kier alpha value is -3.29. The van der Waals surface area contributed by atoms with Crippen LogP contribution in [-0.2, 0) is 17.1 Å². The first-order valence-corrected chi connectivity index (χ1v) is 11.4. The van der Waals surface area contributed by atoms with Gasteiger partial charge in [0.2, 0.25) is 0 Å². The van der Waals surface area contributed by atoms with Crippen LogP contribution < -0.4 is 9.80 Å². The Bertz CT molecular complexity index is 1450. The van der Waals surface area contributed by atoms with Crippen LogP contribution in [0, 0.1) is 17.1 Å². The number of carbonyl (C=O) groups is 1. The highest BCUT2D eigenvalue weighted by molar-refractivity contribution is 7.81. The Morgan fingerprint density at radius 1 is 1.20 bits per heavy atom. The first-order valence-electron chi connectivity index (χ1n) is 10.6. The van der Waals surface area contributed by atoms with Gasteiger partial charge in [0.15, 0.2) is 10.9 Å². The Morgan fingerprint density at radius 2 is 1.89 bits per heavy atom. The highest BCUT2D eigenvalue weighted by atomic mass is 35.5. The summed E-state index contributed by atoms with van der Waals surface area (Å²) in [6.07, 6.45) is 0.465. The number of amides is 1. The van der Waals surface area contributed by atoms with Crippen molar-refractivity contribution in [2.24, 2.45) is 0 Å². The number of fused-ring (bicyclic) bond motifs is 1. The number of carbonyl (C=O) groups excluding carboxylic acids is 1. The third-order valence-electron chi connectivity index (χ3n) is 5.84. The van der Waals surface area contributed by atoms with Crippen molar-refractivity contribution in [2.75, 3.05) is 9.80 Å². The standard InChI is InChI=1S/C24H19ClF3N5OS/c1-5-18-30-19-15(20(25)31-18)8-14(10-17(19)26)33-22(35)32(21(34)23(33,2)3)13-7-6-12(11-29)16(9-13)24(4,27)28/h6-10H,5H2,1-4H3. The summed E-state index contributed by atoms with van der Waals surface area (Å²) in [6, 6.07) is 8.12. The van der Waals surface area contributed by atoms with Gasteiger partial charge in [0.05, 0.1) is 17.3 Å². The molecule has 6 nitrogen and oxygen atoms in total. The van der Waals surface area contributed by atoms with Crippen molar-refractivity contribution in [2.45, 2.75) is 45.6 Å². The molecule has 180 valence electrons. The fourth-order valence-corrected chi connectivity index (χ4v) is 4.82. The quantitative estimate of drug-likeness (QED) is 0.317. The van der Waals surface area contributed by atoms with Crippen molar-refractivity contribution in [1.29, 1.82) is 5.26 Å². The lowest BCUT2D eigenvalue weighted by Crippen LogP contribution is -2.44. The lowest BCUT2D eigenvalue weighted by molar-refractivity contribution is -0.120. The molecule has 1 fully saturated rings. The third kappa shape index (κ3) is 3.98. The summed E-state index contributed by atoms with van der Waals surface area (Å²) >= 11 is 11.9. The predicted molar refractivity (Wildman–Crippen MR) is 131 cm³/mol. The number of hydrogen-bond acceptors (Lipinski definition) is 5. The average molecular weight is 518 g/mol. The van der Waals surface area contributed by atoms with Crippen LogP contribution in [0.25, 0.3) is 10.9 Å². The number of alkyl halides is 2. The van der Waals surface area contributed by atoms with Gasteiger partial charge in [-0.3, -0.25) is 9.69 Å². The second-order valence-electron chi connectivity index (χ2n) is 8.66. The molecule has 0 N–H and O–H groups in total. The minimum absolute atomic E-state index is 0.0404. The molecule has 11 heteroatoms. The summed E-state index contributed by atoms with van der Waals surface area (Å²) in [5.74, 6) is -4.12. The molecule has 0 bridgehead atoms. The molecule has 35 heavy (non-hydrogen) atoms. The van der Waals surface area contributed by atoms with Gasteiger partial charge in [-0.05, 0) is 56.4 Å². The number of anilines is 2. The minimum atomic E-state index is -3.32. The summed E-state index contributed by atoms with van der Waals surface area (Å²) in [5.41, 5.74) is -1.70. The number of thiocarbonyl (C=S) groups is 1. The van der Waals surface area contributed by atoms with Crippen LogP contribution in [0.2, 0.25) is 5.15 Å². The van der Waals surface area contributed by atoms with E-state index in [1.54, 1.807) is 19.9 Å². The monoisotopic (exact) mass is 517 g/mol. The number of nitriles is 1. The molecule has 0 aliphatic carbocycles. The molecule has 4 rings (SSSR count). The zero-order valence-corrected chi connectivity index (χ0v) is 20.7. The Labute approximate surface area is 209 Å². The van der Waals surface area contributed by atoms with Gasteiger partial charge in [0, 0.05) is 30.0 Å². The summed E-state index contributed by atoms with van der Waals surface area (Å²) in [6.45, 7) is 5.65. The highest BCUT2D eigenvalue weighted by Gasteiger charge is 2.50. The Morgan fingerprint density at radius 3 is 2.49 bits per heavy atom. The second kappa shape index (κ2) is 8.43. The lowest BCUT2D eigenvalue weighted by atomic mass is 10.0. The zero-order valence-electron chi connectivity index (χ0n) is 19.2. The fourth-order valence-electron chi connectivity index (χ4n) is 4.06. The number of aromatic nitrogens is 2. The molecule has 0 spiro atoms. The van der Waals surface area contributed by atoms with Crippen LogP contribution in [0.15, 0.2) is 30.3 Å². The van der Waals surface area contributed by atoms with Crippen LogP contribution in [0.1, 0.15) is 44.6 Å². The fraction of sp³-hybridized carbons (Fsp3) is 0.292. The van der Waals surface area contributed by atoms with Crippen molar-refractivity contribution in [3.63, 3.8) is 0 Å². The van der Waals surface area contributed by atoms with Crippen molar-refractivity contribution in [3.8, 4) is 6.07 Å². The molecule has 3 aromatic rings. The number of halogens is 4. The Kier molecular flexibility index (Phi) is 5.98. The second-order valence-corrected chi connectivity index (χ2v) is 9.38. The Balaban J connectivity index is 1.86. The molecule has 0 radical (unpaired) electrons. The SMILES string of the molecule is CCc1nc(Cl)c2cc(N3C(=S)N(c4ccc(C#N)c(C(C)(F)F)c4)C(=O)C3(C)C)cc(F)c2n1. The zero-order chi connectivity index (χ0) is 25.9. The predicted octanol–water partition coefficient (Wildman–Crippen LogP) is 5.88. The number of rotatable bonds is 4. The van der Waals surface area contributed by atoms with Gasteiger partial charge in [0.25, 0.3) is 11.8 Å². The normalized spacial score (nSPS) is 15.7. The van der Waals surface area contributed by atoms with E-state index in [4.69, 9.17) is 23.8 Å². The van der Waals surface area contributed by atoms with Crippen LogP contribution in [-0.4, -0.2) is 26.5 Å². The number of hydrogen-bond donors (Lipinski definition) is 0. The van der Waals surface area contributed by atoms with Crippen molar-refractivity contribution in [3.05, 3.63) is 58.3 Å². The van der Waals surface area contributed by atoms with E-state index in [1.807, 2.05) is 6.92 Å². The molecular weight excluding hydrogens is 499 g/mol. The lowest BCUT2D eigenvalue weighted by Gasteiger charge is -2.29. The van der Waals surface area contributed by atoms with Gasteiger partial charge < -0.3 is 4.90 Å². The van der Waals surface area contributed by atoms with E-state index in [9.17, 15) is 18.8 Å². The first-order chi connectivity index (χ1) is 16.3. The molecule has 0 unspecified atom stereocenters. The van der Waals surface area contributed by atoms with E-state index in [0.717, 1.165) is 11.0 Å². The minimum Gasteiger partial charge on any atom is -0.303 e. The molecule has 1 aliphatic heterocycles. The molecule has 1 aromatic heterocycles. The smallest absolute Gasteiger partial charge is 0.271 e. The van der Waals surface area contributed by atoms with Gasteiger partial charge in [-0.2, -0.15) is 5.26 Å². The van der Waals surface area contributed by atoms with Crippen LogP contribution in [0.4, 0.5) is 24.5 Å². The summed E-state index contributed by atoms with van der Waals surface area (Å²) in [7, 11) is 0. The van der Waals surface area contributed by atoms with Crippen LogP contribution >= 0.6 is 23.8 Å². The topological polar surface area (TPSA) is 73.1 Å². The average Bonchev–Trinajstić information content (AvgIpc) is 2.96. The van der Waals surface area contributed by atoms with Crippen molar-refractivity contribution >= 4 is 57.1 Å². The van der Waals surface area contributed by atoms with Crippen LogP contribution in [0.3, 0.4) is 0 Å². The first kappa shape index (κ1) is 24.8. The van der Waals surface area contributed by atoms with Crippen molar-refractivity contribution < 1.29 is 18.0 Å². The van der Waals surface area contributed by atoms with Gasteiger partial charge in [-0.25, -0.2) is 23.1 Å². The summed E-state index contributed by atoms with van der Waals surface area (Å²) in [4.78, 5) is 24.3. The van der Waals surface area contributed by atoms with Gasteiger partial charge in [-0.15, -0.1) is 0 Å². The molecule has 2 aromatic carbocycles. The van der Waals surface area contributed by atoms with Crippen LogP contribution in [0.5, 0.6) is 0 Å². The molecule has 0 atom stereocenters. The maximum Gasteiger partial charge on any atom is 0.271 e. The number of nitrogens with zero attached hydrogens (tertiary/aromatic N) is 5. The largest absolute Gasteiger partial charge is 0.303 e. The van der Waals surface area contributed by atoms with E-state index in [2.05, 4.69) is 9.97 Å². The van der Waals surface area contributed by atoms with Gasteiger partial charge in [0.1, 0.15) is 22.0 Å². The van der Waals surface area contributed by atoms with E-state index in [1.165, 1.54) is 29.2 Å². The van der Waals surface area contributed by atoms with E-state index in [0.29, 0.717) is 19.2 Å². The van der Waals surface area contributed by atoms with E-state index < -0.39 is 28.7 Å². The number of aryl methyl sites for hydroxylation is 1. The van der Waals surface area contributed by atoms with Gasteiger partial charge >= 0.3 is 0 Å². The van der Waals surface area contributed by atoms with E-state index >= 15 is 4.39 Å². The highest BCUT2D eigenvalue weighted by Crippen LogP contribution is 2.40. The summed E-state index contributed by atoms with van der Waals surface area (Å²) < 4.78 is 43.5. The molecule has 1 aliphatic rings. The molecule has 0 saturated carbocycles. The molecule has 1 saturated heterocycles. The third-order valence-corrected chi connectivity index (χ3v) is 6.49. The van der Waals surface area contributed by atoms with Crippen molar-refractivity contribution in [1.82, 2.24) is 9.97 Å².